The average molecular weight is 206 g/mol. The number of nitrogen functional groups attached to an aromatic ring is 1. The minimum absolute atomic E-state index is 0.664. The number of anilines is 1. The Labute approximate surface area is 89.1 Å². The summed E-state index contributed by atoms with van der Waals surface area (Å²) in [4.78, 5) is 1.21. The lowest BCUT2D eigenvalue weighted by atomic mass is 10.3. The van der Waals surface area contributed by atoms with E-state index in [0.717, 1.165) is 24.3 Å². The third kappa shape index (κ3) is 4.20. The molecule has 2 N–H and O–H groups in total. The Kier molecular flexibility index (Phi) is 4.95. The number of nitrogens with zero attached hydrogens (tertiary/aromatic N) is 1. The van der Waals surface area contributed by atoms with Gasteiger partial charge in [-0.15, -0.1) is 11.8 Å². The highest BCUT2D eigenvalue weighted by molar-refractivity contribution is 7.99. The Balaban J connectivity index is 2.22. The van der Waals surface area contributed by atoms with Crippen LogP contribution in [-0.4, -0.2) is 5.75 Å². The van der Waals surface area contributed by atoms with Crippen molar-refractivity contribution in [3.05, 3.63) is 24.3 Å². The van der Waals surface area contributed by atoms with Gasteiger partial charge in [-0.25, -0.2) is 0 Å². The first-order valence-electron chi connectivity index (χ1n) is 4.68. The van der Waals surface area contributed by atoms with Gasteiger partial charge in [0, 0.05) is 17.0 Å². The third-order valence-electron chi connectivity index (χ3n) is 1.81. The monoisotopic (exact) mass is 206 g/mol. The van der Waals surface area contributed by atoms with Crippen LogP contribution in [0.3, 0.4) is 0 Å². The number of nitriles is 1. The van der Waals surface area contributed by atoms with Crippen molar-refractivity contribution in [2.24, 2.45) is 0 Å². The first kappa shape index (κ1) is 10.9. The smallest absolute Gasteiger partial charge is 0.0621 e. The van der Waals surface area contributed by atoms with Crippen molar-refractivity contribution in [2.45, 2.75) is 24.2 Å². The molecule has 0 heterocycles. The first-order valence-corrected chi connectivity index (χ1v) is 5.67. The Morgan fingerprint density at radius 3 is 2.93 bits per heavy atom. The average Bonchev–Trinajstić information content (AvgIpc) is 2.18. The molecule has 14 heavy (non-hydrogen) atoms. The van der Waals surface area contributed by atoms with Gasteiger partial charge in [-0.2, -0.15) is 5.26 Å². The molecule has 0 saturated carbocycles. The molecular formula is C11H14N2S. The second kappa shape index (κ2) is 6.33. The lowest BCUT2D eigenvalue weighted by molar-refractivity contribution is 0.830. The Morgan fingerprint density at radius 2 is 2.21 bits per heavy atom. The molecule has 3 heteroatoms. The zero-order chi connectivity index (χ0) is 10.2. The van der Waals surface area contributed by atoms with Crippen LogP contribution in [-0.2, 0) is 0 Å². The molecule has 0 aromatic heterocycles. The van der Waals surface area contributed by atoms with E-state index in [2.05, 4.69) is 12.1 Å². The van der Waals surface area contributed by atoms with Crippen LogP contribution in [0.1, 0.15) is 19.3 Å². The molecule has 0 aliphatic heterocycles. The minimum atomic E-state index is 0.664. The van der Waals surface area contributed by atoms with Gasteiger partial charge in [0.25, 0.3) is 0 Å². The van der Waals surface area contributed by atoms with Gasteiger partial charge in [-0.05, 0) is 36.8 Å². The van der Waals surface area contributed by atoms with Crippen LogP contribution in [0.5, 0.6) is 0 Å². The first-order chi connectivity index (χ1) is 6.83. The summed E-state index contributed by atoms with van der Waals surface area (Å²) in [5, 5.41) is 8.35. The normalized spacial score (nSPS) is 9.64. The van der Waals surface area contributed by atoms with Crippen LogP contribution in [0.2, 0.25) is 0 Å². The minimum Gasteiger partial charge on any atom is -0.399 e. The highest BCUT2D eigenvalue weighted by Gasteiger charge is 1.94. The summed E-state index contributed by atoms with van der Waals surface area (Å²) in [6.07, 6.45) is 2.75. The van der Waals surface area contributed by atoms with Crippen LogP contribution in [0, 0.1) is 11.3 Å². The van der Waals surface area contributed by atoms with E-state index >= 15 is 0 Å². The van der Waals surface area contributed by atoms with E-state index in [1.54, 1.807) is 11.8 Å². The maximum Gasteiger partial charge on any atom is 0.0621 e. The molecule has 0 amide bonds. The fourth-order valence-electron chi connectivity index (χ4n) is 1.10. The summed E-state index contributed by atoms with van der Waals surface area (Å²) >= 11 is 1.80. The van der Waals surface area contributed by atoms with Crippen molar-refractivity contribution in [3.63, 3.8) is 0 Å². The van der Waals surface area contributed by atoms with Gasteiger partial charge >= 0.3 is 0 Å². The van der Waals surface area contributed by atoms with Gasteiger partial charge in [-0.1, -0.05) is 6.07 Å². The molecule has 1 aromatic rings. The van der Waals surface area contributed by atoms with E-state index in [-0.39, 0.29) is 0 Å². The fraction of sp³-hybridized carbons (Fsp3) is 0.364. The van der Waals surface area contributed by atoms with E-state index in [0.29, 0.717) is 6.42 Å². The van der Waals surface area contributed by atoms with Crippen molar-refractivity contribution >= 4 is 17.4 Å². The van der Waals surface area contributed by atoms with E-state index < -0.39 is 0 Å². The maximum absolute atomic E-state index is 8.35. The molecule has 0 aliphatic rings. The van der Waals surface area contributed by atoms with Crippen LogP contribution in [0.4, 0.5) is 5.69 Å². The number of hydrogen-bond acceptors (Lipinski definition) is 3. The number of nitrogens with two attached hydrogens (primary N) is 1. The number of benzene rings is 1. The van der Waals surface area contributed by atoms with Gasteiger partial charge in [0.1, 0.15) is 0 Å². The number of unbranched alkanes of at least 4 members (excludes halogenated alkanes) is 2. The number of rotatable bonds is 5. The van der Waals surface area contributed by atoms with Gasteiger partial charge in [0.2, 0.25) is 0 Å². The predicted octanol–water partition coefficient (Wildman–Crippen LogP) is 3.05. The van der Waals surface area contributed by atoms with Crippen molar-refractivity contribution in [1.29, 1.82) is 5.26 Å². The topological polar surface area (TPSA) is 49.8 Å². The lowest BCUT2D eigenvalue weighted by Crippen LogP contribution is -1.85. The van der Waals surface area contributed by atoms with E-state index in [1.807, 2.05) is 18.2 Å². The summed E-state index contributed by atoms with van der Waals surface area (Å²) < 4.78 is 0. The highest BCUT2D eigenvalue weighted by Crippen LogP contribution is 2.21. The molecule has 1 aromatic carbocycles. The van der Waals surface area contributed by atoms with Crippen molar-refractivity contribution in [3.8, 4) is 6.07 Å². The van der Waals surface area contributed by atoms with E-state index in [9.17, 15) is 0 Å². The summed E-state index contributed by atoms with van der Waals surface area (Å²) in [5.41, 5.74) is 6.47. The Bertz CT molecular complexity index is 317. The molecule has 0 bridgehead atoms. The molecule has 0 aliphatic carbocycles. The number of hydrogen-bond donors (Lipinski definition) is 1. The maximum atomic E-state index is 8.35. The molecule has 74 valence electrons. The van der Waals surface area contributed by atoms with Crippen molar-refractivity contribution in [2.75, 3.05) is 11.5 Å². The van der Waals surface area contributed by atoms with Gasteiger partial charge in [0.05, 0.1) is 6.07 Å². The van der Waals surface area contributed by atoms with E-state index in [1.165, 1.54) is 4.90 Å². The van der Waals surface area contributed by atoms with Crippen LogP contribution >= 0.6 is 11.8 Å². The summed E-state index contributed by atoms with van der Waals surface area (Å²) in [6.45, 7) is 0. The second-order valence-corrected chi connectivity index (χ2v) is 4.20. The molecule has 0 radical (unpaired) electrons. The Morgan fingerprint density at radius 1 is 1.36 bits per heavy atom. The SMILES string of the molecule is N#CCCCCSc1cccc(N)c1. The summed E-state index contributed by atoms with van der Waals surface area (Å²) in [5.74, 6) is 1.06. The molecule has 0 atom stereocenters. The summed E-state index contributed by atoms with van der Waals surface area (Å²) in [6, 6.07) is 10.0. The van der Waals surface area contributed by atoms with Crippen LogP contribution in [0.15, 0.2) is 29.2 Å². The molecule has 0 spiro atoms. The largest absolute Gasteiger partial charge is 0.399 e. The number of thioether (sulfide) groups is 1. The van der Waals surface area contributed by atoms with Gasteiger partial charge in [0.15, 0.2) is 0 Å². The molecule has 0 saturated heterocycles. The zero-order valence-corrected chi connectivity index (χ0v) is 8.89. The second-order valence-electron chi connectivity index (χ2n) is 3.04. The quantitative estimate of drug-likeness (QED) is 0.457. The molecular weight excluding hydrogens is 192 g/mol. The molecule has 2 nitrogen and oxygen atoms in total. The predicted molar refractivity (Wildman–Crippen MR) is 61.0 cm³/mol. The molecule has 0 fully saturated rings. The third-order valence-corrected chi connectivity index (χ3v) is 2.89. The van der Waals surface area contributed by atoms with Gasteiger partial charge < -0.3 is 5.73 Å². The lowest BCUT2D eigenvalue weighted by Gasteiger charge is -2.01. The van der Waals surface area contributed by atoms with Crippen molar-refractivity contribution < 1.29 is 0 Å². The zero-order valence-electron chi connectivity index (χ0n) is 8.07. The summed E-state index contributed by atoms with van der Waals surface area (Å²) in [7, 11) is 0. The standard InChI is InChI=1S/C11H14N2S/c12-7-2-1-3-8-14-11-6-4-5-10(13)9-11/h4-6,9H,1-3,8,13H2. The van der Waals surface area contributed by atoms with E-state index in [4.69, 9.17) is 11.0 Å². The van der Waals surface area contributed by atoms with Crippen LogP contribution < -0.4 is 5.73 Å². The van der Waals surface area contributed by atoms with Crippen molar-refractivity contribution in [1.82, 2.24) is 0 Å². The van der Waals surface area contributed by atoms with Crippen LogP contribution in [0.25, 0.3) is 0 Å². The highest BCUT2D eigenvalue weighted by atomic mass is 32.2. The van der Waals surface area contributed by atoms with Gasteiger partial charge in [-0.3, -0.25) is 0 Å². The Hall–Kier alpha value is -1.14. The fourth-order valence-corrected chi connectivity index (χ4v) is 2.08. The molecule has 0 unspecified atom stereocenters. The molecule has 1 rings (SSSR count).